The summed E-state index contributed by atoms with van der Waals surface area (Å²) in [5.74, 6) is -0.450. The third-order valence-electron chi connectivity index (χ3n) is 3.47. The van der Waals surface area contributed by atoms with Gasteiger partial charge in [-0.15, -0.1) is 0 Å². The van der Waals surface area contributed by atoms with E-state index in [1.807, 2.05) is 6.07 Å². The lowest BCUT2D eigenvalue weighted by atomic mass is 9.92. The van der Waals surface area contributed by atoms with Crippen LogP contribution in [-0.2, 0) is 11.2 Å². The molecule has 0 aliphatic carbocycles. The molecule has 0 aromatic heterocycles. The first-order chi connectivity index (χ1) is 10.6. The molecular weight excluding hydrogens is 304 g/mol. The molecule has 0 bridgehead atoms. The van der Waals surface area contributed by atoms with E-state index < -0.39 is 11.9 Å². The van der Waals surface area contributed by atoms with Gasteiger partial charge >= 0.3 is 5.97 Å². The number of aliphatic carboxylic acids is 1. The second kappa shape index (κ2) is 7.18. The summed E-state index contributed by atoms with van der Waals surface area (Å²) >= 11 is 6.13. The van der Waals surface area contributed by atoms with E-state index in [0.717, 1.165) is 5.56 Å². The van der Waals surface area contributed by atoms with Crippen LogP contribution in [0.15, 0.2) is 42.5 Å². The third-order valence-corrected chi connectivity index (χ3v) is 3.81. The smallest absolute Gasteiger partial charge is 0.311 e. The molecule has 1 atom stereocenters. The molecule has 2 rings (SSSR count). The SMILES string of the molecule is COc1ccc(CC(C(=O)O)c2ccccc2Cl)cc1OC. The standard InChI is InChI=1S/C17H17ClO4/c1-21-15-8-7-11(10-16(15)22-2)9-13(17(19)20)12-5-3-4-6-14(12)18/h3-8,10,13H,9H2,1-2H3,(H,19,20). The predicted octanol–water partition coefficient (Wildman–Crippen LogP) is 3.77. The van der Waals surface area contributed by atoms with Crippen molar-refractivity contribution >= 4 is 17.6 Å². The highest BCUT2D eigenvalue weighted by Gasteiger charge is 2.23. The number of carboxylic acids is 1. The van der Waals surface area contributed by atoms with Crippen LogP contribution in [0, 0.1) is 0 Å². The molecule has 4 nitrogen and oxygen atoms in total. The van der Waals surface area contributed by atoms with Crippen molar-refractivity contribution in [3.63, 3.8) is 0 Å². The quantitative estimate of drug-likeness (QED) is 0.880. The van der Waals surface area contributed by atoms with Crippen molar-refractivity contribution in [2.24, 2.45) is 0 Å². The fourth-order valence-corrected chi connectivity index (χ4v) is 2.60. The second-order valence-electron chi connectivity index (χ2n) is 4.81. The maximum atomic E-state index is 11.6. The van der Waals surface area contributed by atoms with Crippen LogP contribution in [0.25, 0.3) is 0 Å². The van der Waals surface area contributed by atoms with Crippen molar-refractivity contribution in [2.45, 2.75) is 12.3 Å². The summed E-state index contributed by atoms with van der Waals surface area (Å²) in [5.41, 5.74) is 1.44. The molecule has 5 heteroatoms. The normalized spacial score (nSPS) is 11.8. The first-order valence-corrected chi connectivity index (χ1v) is 7.12. The van der Waals surface area contributed by atoms with Gasteiger partial charge in [-0.05, 0) is 35.7 Å². The minimum atomic E-state index is -0.914. The number of rotatable bonds is 6. The van der Waals surface area contributed by atoms with E-state index in [0.29, 0.717) is 28.5 Å². The Morgan fingerprint density at radius 3 is 2.41 bits per heavy atom. The van der Waals surface area contributed by atoms with E-state index >= 15 is 0 Å². The molecule has 0 saturated carbocycles. The minimum Gasteiger partial charge on any atom is -0.493 e. The van der Waals surface area contributed by atoms with E-state index in [2.05, 4.69) is 0 Å². The zero-order chi connectivity index (χ0) is 16.1. The van der Waals surface area contributed by atoms with Crippen LogP contribution in [0.5, 0.6) is 11.5 Å². The third kappa shape index (κ3) is 3.52. The summed E-state index contributed by atoms with van der Waals surface area (Å²) in [6.45, 7) is 0. The van der Waals surface area contributed by atoms with Gasteiger partial charge in [0.25, 0.3) is 0 Å². The first-order valence-electron chi connectivity index (χ1n) is 6.75. The fraction of sp³-hybridized carbons (Fsp3) is 0.235. The zero-order valence-electron chi connectivity index (χ0n) is 12.4. The molecule has 1 unspecified atom stereocenters. The Kier molecular flexibility index (Phi) is 5.28. The molecule has 2 aromatic rings. The molecule has 2 aromatic carbocycles. The Labute approximate surface area is 134 Å². The Morgan fingerprint density at radius 1 is 1.14 bits per heavy atom. The molecule has 0 fully saturated rings. The first kappa shape index (κ1) is 16.2. The number of carbonyl (C=O) groups is 1. The Bertz CT molecular complexity index is 669. The Morgan fingerprint density at radius 2 is 1.82 bits per heavy atom. The molecule has 0 amide bonds. The highest BCUT2D eigenvalue weighted by atomic mass is 35.5. The van der Waals surface area contributed by atoms with Crippen molar-refractivity contribution in [3.05, 3.63) is 58.6 Å². The monoisotopic (exact) mass is 320 g/mol. The lowest BCUT2D eigenvalue weighted by Crippen LogP contribution is -2.15. The number of hydrogen-bond donors (Lipinski definition) is 1. The van der Waals surface area contributed by atoms with E-state index in [1.165, 1.54) is 0 Å². The zero-order valence-corrected chi connectivity index (χ0v) is 13.1. The summed E-state index contributed by atoms with van der Waals surface area (Å²) in [7, 11) is 3.10. The molecular formula is C17H17ClO4. The lowest BCUT2D eigenvalue weighted by molar-refractivity contribution is -0.138. The second-order valence-corrected chi connectivity index (χ2v) is 5.21. The number of hydrogen-bond acceptors (Lipinski definition) is 3. The fourth-order valence-electron chi connectivity index (χ4n) is 2.33. The van der Waals surface area contributed by atoms with Gasteiger partial charge < -0.3 is 14.6 Å². The summed E-state index contributed by atoms with van der Waals surface area (Å²) in [6, 6.07) is 12.4. The maximum absolute atomic E-state index is 11.6. The van der Waals surface area contributed by atoms with Crippen molar-refractivity contribution < 1.29 is 19.4 Å². The number of ether oxygens (including phenoxy) is 2. The molecule has 0 heterocycles. The molecule has 0 spiro atoms. The van der Waals surface area contributed by atoms with Crippen LogP contribution in [-0.4, -0.2) is 25.3 Å². The molecule has 116 valence electrons. The highest BCUT2D eigenvalue weighted by Crippen LogP contribution is 2.32. The van der Waals surface area contributed by atoms with Gasteiger partial charge in [0, 0.05) is 5.02 Å². The minimum absolute atomic E-state index is 0.319. The largest absolute Gasteiger partial charge is 0.493 e. The maximum Gasteiger partial charge on any atom is 0.311 e. The van der Waals surface area contributed by atoms with Gasteiger partial charge in [-0.2, -0.15) is 0 Å². The van der Waals surface area contributed by atoms with Crippen molar-refractivity contribution in [3.8, 4) is 11.5 Å². The summed E-state index contributed by atoms with van der Waals surface area (Å²) in [5, 5.41) is 9.98. The summed E-state index contributed by atoms with van der Waals surface area (Å²) in [4.78, 5) is 11.6. The van der Waals surface area contributed by atoms with Crippen molar-refractivity contribution in [2.75, 3.05) is 14.2 Å². The molecule has 0 aliphatic rings. The molecule has 0 radical (unpaired) electrons. The Hall–Kier alpha value is -2.20. The predicted molar refractivity (Wildman–Crippen MR) is 85.1 cm³/mol. The van der Waals surface area contributed by atoms with Crippen molar-refractivity contribution in [1.82, 2.24) is 0 Å². The van der Waals surface area contributed by atoms with Crippen LogP contribution in [0.2, 0.25) is 5.02 Å². The topological polar surface area (TPSA) is 55.8 Å². The molecule has 0 aliphatic heterocycles. The Balaban J connectivity index is 2.33. The van der Waals surface area contributed by atoms with Crippen molar-refractivity contribution in [1.29, 1.82) is 0 Å². The van der Waals surface area contributed by atoms with Gasteiger partial charge in [0.2, 0.25) is 0 Å². The van der Waals surface area contributed by atoms with Gasteiger partial charge in [-0.3, -0.25) is 4.79 Å². The highest BCUT2D eigenvalue weighted by molar-refractivity contribution is 6.31. The average Bonchev–Trinajstić information content (AvgIpc) is 2.53. The van der Waals surface area contributed by atoms with E-state index in [9.17, 15) is 9.90 Å². The van der Waals surface area contributed by atoms with Crippen LogP contribution >= 0.6 is 11.6 Å². The number of benzene rings is 2. The van der Waals surface area contributed by atoms with E-state index in [1.54, 1.807) is 50.6 Å². The average molecular weight is 321 g/mol. The number of halogens is 1. The van der Waals surface area contributed by atoms with E-state index in [4.69, 9.17) is 21.1 Å². The molecule has 0 saturated heterocycles. The van der Waals surface area contributed by atoms with Gasteiger partial charge in [-0.25, -0.2) is 0 Å². The van der Waals surface area contributed by atoms with Gasteiger partial charge in [0.05, 0.1) is 20.1 Å². The van der Waals surface area contributed by atoms with E-state index in [-0.39, 0.29) is 0 Å². The number of carboxylic acid groups (broad SMARTS) is 1. The summed E-state index contributed by atoms with van der Waals surface area (Å²) in [6.07, 6.45) is 0.319. The van der Waals surface area contributed by atoms with Gasteiger partial charge in [0.1, 0.15) is 0 Å². The molecule has 1 N–H and O–H groups in total. The van der Waals surface area contributed by atoms with Crippen LogP contribution in [0.1, 0.15) is 17.0 Å². The van der Waals surface area contributed by atoms with Crippen LogP contribution in [0.4, 0.5) is 0 Å². The van der Waals surface area contributed by atoms with Crippen LogP contribution in [0.3, 0.4) is 0 Å². The molecule has 22 heavy (non-hydrogen) atoms. The van der Waals surface area contributed by atoms with Gasteiger partial charge in [0.15, 0.2) is 11.5 Å². The van der Waals surface area contributed by atoms with Gasteiger partial charge in [-0.1, -0.05) is 35.9 Å². The number of methoxy groups -OCH3 is 2. The lowest BCUT2D eigenvalue weighted by Gasteiger charge is -2.16. The van der Waals surface area contributed by atoms with Crippen LogP contribution < -0.4 is 9.47 Å². The summed E-state index contributed by atoms with van der Waals surface area (Å²) < 4.78 is 10.4.